The molecule has 0 fully saturated rings. The molecule has 1 aliphatic rings. The Labute approximate surface area is 139 Å². The van der Waals surface area contributed by atoms with E-state index in [9.17, 15) is 4.79 Å². The van der Waals surface area contributed by atoms with Gasteiger partial charge in [-0.2, -0.15) is 0 Å². The molecule has 1 aromatic rings. The lowest BCUT2D eigenvalue weighted by Crippen LogP contribution is -2.37. The van der Waals surface area contributed by atoms with Gasteiger partial charge in [-0.25, -0.2) is 0 Å². The van der Waals surface area contributed by atoms with Crippen molar-refractivity contribution in [3.05, 3.63) is 29.3 Å². The molecule has 23 heavy (non-hydrogen) atoms. The van der Waals surface area contributed by atoms with Crippen LogP contribution in [0.2, 0.25) is 0 Å². The standard InChI is InChI=1S/C19H29NO3/c1-14(2)22-12-6-11-20-19(21)15(3)23-18-10-9-16-7-4-5-8-17(16)13-18/h9-10,13-15H,4-8,11-12H2,1-3H3,(H,20,21)/t15-/m0/s1. The summed E-state index contributed by atoms with van der Waals surface area (Å²) in [6.07, 6.45) is 5.35. The first-order valence-corrected chi connectivity index (χ1v) is 8.74. The van der Waals surface area contributed by atoms with Crippen LogP contribution in [0, 0.1) is 0 Å². The number of ether oxygens (including phenoxy) is 2. The molecule has 1 N–H and O–H groups in total. The van der Waals surface area contributed by atoms with Gasteiger partial charge in [-0.15, -0.1) is 0 Å². The van der Waals surface area contributed by atoms with Crippen LogP contribution in [-0.4, -0.2) is 31.3 Å². The second-order valence-electron chi connectivity index (χ2n) is 6.46. The maximum Gasteiger partial charge on any atom is 0.260 e. The van der Waals surface area contributed by atoms with Crippen molar-refractivity contribution in [2.75, 3.05) is 13.2 Å². The highest BCUT2D eigenvalue weighted by Crippen LogP contribution is 2.25. The number of rotatable bonds is 8. The van der Waals surface area contributed by atoms with E-state index in [0.29, 0.717) is 13.2 Å². The Bertz CT molecular complexity index is 513. The van der Waals surface area contributed by atoms with Crippen LogP contribution in [0.25, 0.3) is 0 Å². The molecule has 0 saturated heterocycles. The normalized spacial score (nSPS) is 15.1. The molecule has 1 aromatic carbocycles. The Balaban J connectivity index is 1.75. The third kappa shape index (κ3) is 5.87. The van der Waals surface area contributed by atoms with E-state index in [1.54, 1.807) is 6.92 Å². The van der Waals surface area contributed by atoms with Gasteiger partial charge < -0.3 is 14.8 Å². The van der Waals surface area contributed by atoms with E-state index in [1.165, 1.54) is 24.0 Å². The first-order chi connectivity index (χ1) is 11.1. The first kappa shape index (κ1) is 17.8. The van der Waals surface area contributed by atoms with E-state index in [0.717, 1.165) is 25.0 Å². The van der Waals surface area contributed by atoms with Crippen LogP contribution >= 0.6 is 0 Å². The maximum absolute atomic E-state index is 12.1. The molecule has 4 heteroatoms. The van der Waals surface area contributed by atoms with E-state index in [1.807, 2.05) is 19.9 Å². The fraction of sp³-hybridized carbons (Fsp3) is 0.632. The zero-order chi connectivity index (χ0) is 16.7. The summed E-state index contributed by atoms with van der Waals surface area (Å²) in [6, 6.07) is 6.21. The van der Waals surface area contributed by atoms with Gasteiger partial charge in [-0.05, 0) is 76.1 Å². The van der Waals surface area contributed by atoms with Gasteiger partial charge in [0.2, 0.25) is 0 Å². The summed E-state index contributed by atoms with van der Waals surface area (Å²) in [4.78, 5) is 12.1. The van der Waals surface area contributed by atoms with Crippen LogP contribution in [0.1, 0.15) is 51.2 Å². The Morgan fingerprint density at radius 3 is 2.65 bits per heavy atom. The third-order valence-corrected chi connectivity index (χ3v) is 4.07. The fourth-order valence-electron chi connectivity index (χ4n) is 2.79. The lowest BCUT2D eigenvalue weighted by molar-refractivity contribution is -0.127. The van der Waals surface area contributed by atoms with Crippen molar-refractivity contribution in [1.82, 2.24) is 5.32 Å². The van der Waals surface area contributed by atoms with Gasteiger partial charge in [0.1, 0.15) is 5.75 Å². The van der Waals surface area contributed by atoms with E-state index in [2.05, 4.69) is 17.4 Å². The van der Waals surface area contributed by atoms with E-state index in [-0.39, 0.29) is 12.0 Å². The highest BCUT2D eigenvalue weighted by atomic mass is 16.5. The second kappa shape index (κ2) is 8.92. The molecule has 128 valence electrons. The number of carbonyl (C=O) groups excluding carboxylic acids is 1. The van der Waals surface area contributed by atoms with Crippen molar-refractivity contribution in [2.45, 2.75) is 65.1 Å². The summed E-state index contributed by atoms with van der Waals surface area (Å²) in [5.41, 5.74) is 2.79. The number of hydrogen-bond donors (Lipinski definition) is 1. The molecular weight excluding hydrogens is 290 g/mol. The molecule has 0 aromatic heterocycles. The molecule has 0 unspecified atom stereocenters. The van der Waals surface area contributed by atoms with Crippen molar-refractivity contribution >= 4 is 5.91 Å². The number of fused-ring (bicyclic) bond motifs is 1. The van der Waals surface area contributed by atoms with Gasteiger partial charge in [-0.1, -0.05) is 6.07 Å². The van der Waals surface area contributed by atoms with E-state index >= 15 is 0 Å². The number of aryl methyl sites for hydroxylation is 2. The Morgan fingerprint density at radius 2 is 1.91 bits per heavy atom. The largest absolute Gasteiger partial charge is 0.481 e. The Kier molecular flexibility index (Phi) is 6.90. The van der Waals surface area contributed by atoms with Gasteiger partial charge >= 0.3 is 0 Å². The monoisotopic (exact) mass is 319 g/mol. The summed E-state index contributed by atoms with van der Waals surface area (Å²) < 4.78 is 11.2. The highest BCUT2D eigenvalue weighted by Gasteiger charge is 2.16. The summed E-state index contributed by atoms with van der Waals surface area (Å²) in [5.74, 6) is 0.712. The van der Waals surface area contributed by atoms with Crippen LogP contribution in [-0.2, 0) is 22.4 Å². The summed E-state index contributed by atoms with van der Waals surface area (Å²) >= 11 is 0. The van der Waals surface area contributed by atoms with Gasteiger partial charge in [0.25, 0.3) is 5.91 Å². The van der Waals surface area contributed by atoms with Crippen molar-refractivity contribution in [1.29, 1.82) is 0 Å². The average molecular weight is 319 g/mol. The topological polar surface area (TPSA) is 47.6 Å². The lowest BCUT2D eigenvalue weighted by atomic mass is 9.92. The zero-order valence-electron chi connectivity index (χ0n) is 14.6. The quantitative estimate of drug-likeness (QED) is 0.748. The van der Waals surface area contributed by atoms with Crippen molar-refractivity contribution in [3.8, 4) is 5.75 Å². The first-order valence-electron chi connectivity index (χ1n) is 8.74. The molecule has 1 aliphatic carbocycles. The average Bonchev–Trinajstić information content (AvgIpc) is 2.54. The number of benzene rings is 1. The molecule has 1 atom stereocenters. The number of hydrogen-bond acceptors (Lipinski definition) is 3. The van der Waals surface area contributed by atoms with Crippen molar-refractivity contribution < 1.29 is 14.3 Å². The smallest absolute Gasteiger partial charge is 0.260 e. The maximum atomic E-state index is 12.1. The van der Waals surface area contributed by atoms with Gasteiger partial charge in [0.05, 0.1) is 6.10 Å². The molecule has 4 nitrogen and oxygen atoms in total. The fourth-order valence-corrected chi connectivity index (χ4v) is 2.79. The summed E-state index contributed by atoms with van der Waals surface area (Å²) in [6.45, 7) is 7.08. The van der Waals surface area contributed by atoms with Crippen molar-refractivity contribution in [3.63, 3.8) is 0 Å². The van der Waals surface area contributed by atoms with Crippen molar-refractivity contribution in [2.24, 2.45) is 0 Å². The van der Waals surface area contributed by atoms with E-state index in [4.69, 9.17) is 9.47 Å². The number of nitrogens with one attached hydrogen (secondary N) is 1. The molecule has 2 rings (SSSR count). The Hall–Kier alpha value is -1.55. The predicted molar refractivity (Wildman–Crippen MR) is 91.9 cm³/mol. The van der Waals surface area contributed by atoms with E-state index < -0.39 is 6.10 Å². The predicted octanol–water partition coefficient (Wildman–Crippen LogP) is 3.26. The minimum atomic E-state index is -0.484. The zero-order valence-corrected chi connectivity index (χ0v) is 14.6. The lowest BCUT2D eigenvalue weighted by Gasteiger charge is -2.19. The minimum Gasteiger partial charge on any atom is -0.481 e. The molecule has 0 heterocycles. The molecule has 0 aliphatic heterocycles. The van der Waals surface area contributed by atoms with Crippen LogP contribution in [0.3, 0.4) is 0 Å². The van der Waals surface area contributed by atoms with Gasteiger partial charge in [0.15, 0.2) is 6.10 Å². The molecule has 1 amide bonds. The SMILES string of the molecule is CC(C)OCCCNC(=O)[C@H](C)Oc1ccc2c(c1)CCCC2. The van der Waals surface area contributed by atoms with Crippen LogP contribution in [0.4, 0.5) is 0 Å². The van der Waals surface area contributed by atoms with Gasteiger partial charge in [-0.3, -0.25) is 4.79 Å². The number of carbonyl (C=O) groups is 1. The summed E-state index contributed by atoms with van der Waals surface area (Å²) in [5, 5.41) is 2.89. The highest BCUT2D eigenvalue weighted by molar-refractivity contribution is 5.80. The molecule has 0 bridgehead atoms. The van der Waals surface area contributed by atoms with Crippen LogP contribution in [0.15, 0.2) is 18.2 Å². The third-order valence-electron chi connectivity index (χ3n) is 4.07. The van der Waals surface area contributed by atoms with Crippen LogP contribution < -0.4 is 10.1 Å². The summed E-state index contributed by atoms with van der Waals surface area (Å²) in [7, 11) is 0. The van der Waals surface area contributed by atoms with Crippen LogP contribution in [0.5, 0.6) is 5.75 Å². The second-order valence-corrected chi connectivity index (χ2v) is 6.46. The molecule has 0 saturated carbocycles. The number of amides is 1. The minimum absolute atomic E-state index is 0.0766. The molecule has 0 radical (unpaired) electrons. The van der Waals surface area contributed by atoms with Gasteiger partial charge in [0, 0.05) is 13.2 Å². The Morgan fingerprint density at radius 1 is 1.17 bits per heavy atom. The molecular formula is C19H29NO3. The molecule has 0 spiro atoms.